The van der Waals surface area contributed by atoms with Crippen LogP contribution in [0.3, 0.4) is 0 Å². The second-order valence-electron chi connectivity index (χ2n) is 2.26. The summed E-state index contributed by atoms with van der Waals surface area (Å²) in [6.07, 6.45) is 4.40. The Kier molecular flexibility index (Phi) is 4.20. The second-order valence-corrected chi connectivity index (χ2v) is 2.26. The Morgan fingerprint density at radius 1 is 1.45 bits per heavy atom. The average molecular weight is 152 g/mol. The lowest BCUT2D eigenvalue weighted by Gasteiger charge is -1.97. The van der Waals surface area contributed by atoms with Gasteiger partial charge in [0.1, 0.15) is 5.83 Å². The first-order chi connectivity index (χ1) is 5.11. The zero-order valence-electron chi connectivity index (χ0n) is 7.02. The summed E-state index contributed by atoms with van der Waals surface area (Å²) < 4.78 is 12.6. The first-order valence-electron chi connectivity index (χ1n) is 3.43. The van der Waals surface area contributed by atoms with Crippen LogP contribution in [0, 0.1) is 0 Å². The molecule has 0 aromatic rings. The maximum absolute atomic E-state index is 12.6. The molecule has 0 aliphatic heterocycles. The lowest BCUT2D eigenvalue weighted by atomic mass is 10.1. The molecule has 0 unspecified atom stereocenters. The lowest BCUT2D eigenvalue weighted by Crippen LogP contribution is -1.78. The topological polar surface area (TPSA) is 0 Å². The fourth-order valence-electron chi connectivity index (χ4n) is 0.660. The fourth-order valence-corrected chi connectivity index (χ4v) is 0.660. The predicted molar refractivity (Wildman–Crippen MR) is 48.0 cm³/mol. The van der Waals surface area contributed by atoms with Gasteiger partial charge in [-0.15, -0.1) is 0 Å². The minimum absolute atomic E-state index is 0.332. The summed E-state index contributed by atoms with van der Waals surface area (Å²) in [6.45, 7) is 10.7. The molecule has 0 aromatic heterocycles. The molecule has 0 nitrogen and oxygen atoms in total. The van der Waals surface area contributed by atoms with E-state index in [-0.39, 0.29) is 5.83 Å². The molecule has 0 rings (SSSR count). The highest BCUT2D eigenvalue weighted by Gasteiger charge is 1.93. The van der Waals surface area contributed by atoms with Crippen molar-refractivity contribution in [1.82, 2.24) is 0 Å². The molecule has 0 atom stereocenters. The minimum atomic E-state index is -0.332. The largest absolute Gasteiger partial charge is 0.207 e. The van der Waals surface area contributed by atoms with Gasteiger partial charge in [-0.05, 0) is 31.6 Å². The Balaban J connectivity index is 4.57. The molecule has 0 saturated heterocycles. The minimum Gasteiger partial charge on any atom is -0.207 e. The molecular formula is C10H13F. The highest BCUT2D eigenvalue weighted by Crippen LogP contribution is 2.11. The third-order valence-electron chi connectivity index (χ3n) is 1.29. The van der Waals surface area contributed by atoms with E-state index in [2.05, 4.69) is 13.2 Å². The molecule has 0 aromatic carbocycles. The Hall–Kier alpha value is -1.11. The quantitative estimate of drug-likeness (QED) is 0.542. The van der Waals surface area contributed by atoms with Crippen LogP contribution in [0.1, 0.15) is 13.8 Å². The van der Waals surface area contributed by atoms with Crippen LogP contribution in [0.25, 0.3) is 0 Å². The molecule has 0 aliphatic carbocycles. The van der Waals surface area contributed by atoms with Gasteiger partial charge >= 0.3 is 0 Å². The number of halogens is 1. The zero-order chi connectivity index (χ0) is 8.85. The van der Waals surface area contributed by atoms with Gasteiger partial charge in [0.15, 0.2) is 0 Å². The molecule has 1 heteroatoms. The summed E-state index contributed by atoms with van der Waals surface area (Å²) in [5.41, 5.74) is 1.66. The fraction of sp³-hybridized carbons (Fsp3) is 0.200. The Labute approximate surface area is 67.4 Å². The van der Waals surface area contributed by atoms with Crippen molar-refractivity contribution in [3.63, 3.8) is 0 Å². The smallest absolute Gasteiger partial charge is 0.123 e. The molecule has 0 aliphatic rings. The Morgan fingerprint density at radius 2 is 2.00 bits per heavy atom. The standard InChI is InChI=1S/C10H13F/c1-5-9(8(3)4)7-10(11)6-2/h5-7H,2-3H2,1,4H3/b9-5+,10-7+. The van der Waals surface area contributed by atoms with Crippen molar-refractivity contribution >= 4 is 0 Å². The molecule has 11 heavy (non-hydrogen) atoms. The van der Waals surface area contributed by atoms with E-state index in [1.54, 1.807) is 0 Å². The first-order valence-corrected chi connectivity index (χ1v) is 3.43. The lowest BCUT2D eigenvalue weighted by molar-refractivity contribution is 0.666. The molecule has 0 fully saturated rings. The van der Waals surface area contributed by atoms with Crippen LogP contribution in [0.2, 0.25) is 0 Å². The van der Waals surface area contributed by atoms with Crippen molar-refractivity contribution in [1.29, 1.82) is 0 Å². The van der Waals surface area contributed by atoms with E-state index in [9.17, 15) is 4.39 Å². The number of hydrogen-bond acceptors (Lipinski definition) is 0. The Bertz CT molecular complexity index is 219. The van der Waals surface area contributed by atoms with Gasteiger partial charge in [-0.1, -0.05) is 24.8 Å². The van der Waals surface area contributed by atoms with Crippen molar-refractivity contribution in [3.05, 3.63) is 48.4 Å². The first kappa shape index (κ1) is 9.89. The number of hydrogen-bond donors (Lipinski definition) is 0. The third kappa shape index (κ3) is 3.56. The number of rotatable bonds is 3. The van der Waals surface area contributed by atoms with Gasteiger partial charge in [-0.3, -0.25) is 0 Å². The van der Waals surface area contributed by atoms with Gasteiger partial charge in [0.05, 0.1) is 0 Å². The van der Waals surface area contributed by atoms with Crippen LogP contribution in [-0.4, -0.2) is 0 Å². The van der Waals surface area contributed by atoms with Gasteiger partial charge < -0.3 is 0 Å². The van der Waals surface area contributed by atoms with Crippen molar-refractivity contribution in [2.45, 2.75) is 13.8 Å². The van der Waals surface area contributed by atoms with E-state index in [4.69, 9.17) is 0 Å². The van der Waals surface area contributed by atoms with Gasteiger partial charge in [-0.2, -0.15) is 0 Å². The SMILES string of the molecule is C=C/C(F)=C\C(=C/C)C(=C)C. The van der Waals surface area contributed by atoms with Crippen LogP contribution in [0.5, 0.6) is 0 Å². The normalized spacial score (nSPS) is 13.0. The van der Waals surface area contributed by atoms with Gasteiger partial charge in [0.2, 0.25) is 0 Å². The molecule has 0 radical (unpaired) electrons. The molecule has 0 amide bonds. The summed E-state index contributed by atoms with van der Waals surface area (Å²) in [5, 5.41) is 0. The van der Waals surface area contributed by atoms with E-state index in [0.29, 0.717) is 0 Å². The molecule has 0 spiro atoms. The summed E-state index contributed by atoms with van der Waals surface area (Å²) >= 11 is 0. The molecule has 60 valence electrons. The van der Waals surface area contributed by atoms with Crippen molar-refractivity contribution < 1.29 is 4.39 Å². The van der Waals surface area contributed by atoms with E-state index in [1.165, 1.54) is 12.2 Å². The predicted octanol–water partition coefficient (Wildman–Crippen LogP) is 3.55. The summed E-state index contributed by atoms with van der Waals surface area (Å²) in [6, 6.07) is 0. The highest BCUT2D eigenvalue weighted by atomic mass is 19.1. The van der Waals surface area contributed by atoms with Crippen molar-refractivity contribution in [3.8, 4) is 0 Å². The third-order valence-corrected chi connectivity index (χ3v) is 1.29. The maximum atomic E-state index is 12.6. The van der Waals surface area contributed by atoms with Gasteiger partial charge in [-0.25, -0.2) is 4.39 Å². The second kappa shape index (κ2) is 4.67. The molecule has 0 saturated carbocycles. The highest BCUT2D eigenvalue weighted by molar-refractivity contribution is 5.38. The molecule has 0 N–H and O–H groups in total. The average Bonchev–Trinajstić information content (AvgIpc) is 1.99. The molecule has 0 heterocycles. The van der Waals surface area contributed by atoms with E-state index >= 15 is 0 Å². The van der Waals surface area contributed by atoms with Crippen LogP contribution in [0.4, 0.5) is 4.39 Å². The molecular weight excluding hydrogens is 139 g/mol. The maximum Gasteiger partial charge on any atom is 0.123 e. The summed E-state index contributed by atoms with van der Waals surface area (Å²) in [7, 11) is 0. The van der Waals surface area contributed by atoms with E-state index < -0.39 is 0 Å². The van der Waals surface area contributed by atoms with E-state index in [0.717, 1.165) is 11.1 Å². The molecule has 0 bridgehead atoms. The van der Waals surface area contributed by atoms with Crippen LogP contribution in [0.15, 0.2) is 48.4 Å². The van der Waals surface area contributed by atoms with Crippen molar-refractivity contribution in [2.24, 2.45) is 0 Å². The van der Waals surface area contributed by atoms with Gasteiger partial charge in [0, 0.05) is 0 Å². The van der Waals surface area contributed by atoms with Gasteiger partial charge in [0.25, 0.3) is 0 Å². The summed E-state index contributed by atoms with van der Waals surface area (Å²) in [5.74, 6) is -0.332. The zero-order valence-corrected chi connectivity index (χ0v) is 7.02. The number of allylic oxidation sites excluding steroid dienone is 6. The Morgan fingerprint density at radius 3 is 2.27 bits per heavy atom. The van der Waals surface area contributed by atoms with E-state index in [1.807, 2.05) is 19.9 Å². The summed E-state index contributed by atoms with van der Waals surface area (Å²) in [4.78, 5) is 0. The van der Waals surface area contributed by atoms with Crippen LogP contribution >= 0.6 is 0 Å². The van der Waals surface area contributed by atoms with Crippen LogP contribution < -0.4 is 0 Å². The monoisotopic (exact) mass is 152 g/mol. The van der Waals surface area contributed by atoms with Crippen LogP contribution in [-0.2, 0) is 0 Å². The van der Waals surface area contributed by atoms with Crippen molar-refractivity contribution in [2.75, 3.05) is 0 Å².